The Labute approximate surface area is 275 Å². The van der Waals surface area contributed by atoms with E-state index in [1.165, 1.54) is 12.4 Å². The molecule has 2 aliphatic rings. The Hall–Kier alpha value is -5.13. The number of hydrogen-bond donors (Lipinski definition) is 2. The zero-order valence-electron chi connectivity index (χ0n) is 27.1. The highest BCUT2D eigenvalue weighted by atomic mass is 16.7. The first kappa shape index (κ1) is 31.8. The molecule has 1 atom stereocenters. The Morgan fingerprint density at radius 1 is 0.979 bits per heavy atom. The monoisotopic (exact) mass is 635 g/mol. The van der Waals surface area contributed by atoms with Gasteiger partial charge in [0.25, 0.3) is 0 Å². The summed E-state index contributed by atoms with van der Waals surface area (Å²) >= 11 is 0. The number of amides is 1. The number of para-hydroxylation sites is 1. The van der Waals surface area contributed by atoms with E-state index >= 15 is 0 Å². The van der Waals surface area contributed by atoms with Crippen molar-refractivity contribution in [3.05, 3.63) is 97.3 Å². The highest BCUT2D eigenvalue weighted by Gasteiger charge is 2.30. The van der Waals surface area contributed by atoms with Crippen LogP contribution < -0.4 is 30.1 Å². The fourth-order valence-corrected chi connectivity index (χ4v) is 6.09. The van der Waals surface area contributed by atoms with E-state index in [0.29, 0.717) is 41.4 Å². The summed E-state index contributed by atoms with van der Waals surface area (Å²) in [5.74, 6) is 3.02. The number of piperidine rings is 1. The van der Waals surface area contributed by atoms with Crippen molar-refractivity contribution in [1.82, 2.24) is 14.9 Å². The maximum absolute atomic E-state index is 12.5. The Kier molecular flexibility index (Phi) is 9.84. The lowest BCUT2D eigenvalue weighted by Crippen LogP contribution is -2.42. The lowest BCUT2D eigenvalue weighted by atomic mass is 10.0. The molecule has 0 unspecified atom stereocenters. The molecule has 0 radical (unpaired) electrons. The van der Waals surface area contributed by atoms with Crippen LogP contribution in [0.25, 0.3) is 0 Å². The van der Waals surface area contributed by atoms with Crippen molar-refractivity contribution in [3.8, 4) is 17.2 Å². The molecule has 0 aliphatic carbocycles. The van der Waals surface area contributed by atoms with Crippen molar-refractivity contribution in [2.75, 3.05) is 61.5 Å². The van der Waals surface area contributed by atoms with Crippen molar-refractivity contribution < 1.29 is 19.1 Å². The average Bonchev–Trinajstić information content (AvgIpc) is 3.60. The van der Waals surface area contributed by atoms with Crippen LogP contribution in [0.5, 0.6) is 17.2 Å². The highest BCUT2D eigenvalue weighted by molar-refractivity contribution is 6.02. The molecule has 244 valence electrons. The van der Waals surface area contributed by atoms with Gasteiger partial charge in [-0.15, -0.1) is 0 Å². The molecule has 47 heavy (non-hydrogen) atoms. The predicted octanol–water partition coefficient (Wildman–Crippen LogP) is 6.56. The van der Waals surface area contributed by atoms with Gasteiger partial charge in [0.1, 0.15) is 29.4 Å². The maximum atomic E-state index is 12.5. The molecule has 4 aromatic rings. The molecule has 0 saturated carbocycles. The molecule has 2 saturated heterocycles. The van der Waals surface area contributed by atoms with Crippen LogP contribution in [-0.4, -0.2) is 67.7 Å². The SMILES string of the molecule is C=CC(=O)Nc1cc(Nc2cc(N3OCC[C@@H]3c3cccc(Oc4ccccc4)c3)ncn2)c(OC)cc1N1CCC(N(C)C)CC1. The molecule has 0 bridgehead atoms. The maximum Gasteiger partial charge on any atom is 0.247 e. The van der Waals surface area contributed by atoms with Gasteiger partial charge in [0.2, 0.25) is 5.91 Å². The topological polar surface area (TPSA) is 104 Å². The second-order valence-corrected chi connectivity index (χ2v) is 11.8. The molecule has 11 nitrogen and oxygen atoms in total. The normalized spacial score (nSPS) is 16.6. The van der Waals surface area contributed by atoms with Crippen molar-refractivity contribution in [2.24, 2.45) is 0 Å². The number of aromatic nitrogens is 2. The summed E-state index contributed by atoms with van der Waals surface area (Å²) in [5, 5.41) is 8.20. The third-order valence-corrected chi connectivity index (χ3v) is 8.56. The third-order valence-electron chi connectivity index (χ3n) is 8.56. The molecule has 3 heterocycles. The zero-order valence-corrected chi connectivity index (χ0v) is 27.1. The molecule has 2 aliphatic heterocycles. The Bertz CT molecular complexity index is 1690. The van der Waals surface area contributed by atoms with E-state index < -0.39 is 0 Å². The molecule has 1 aromatic heterocycles. The molecular weight excluding hydrogens is 594 g/mol. The number of carbonyl (C=O) groups excluding carboxylic acids is 1. The van der Waals surface area contributed by atoms with Gasteiger partial charge in [-0.25, -0.2) is 15.0 Å². The Morgan fingerprint density at radius 2 is 1.77 bits per heavy atom. The van der Waals surface area contributed by atoms with Crippen molar-refractivity contribution in [2.45, 2.75) is 31.3 Å². The van der Waals surface area contributed by atoms with Crippen LogP contribution in [0.1, 0.15) is 30.9 Å². The molecule has 3 aromatic carbocycles. The van der Waals surface area contributed by atoms with Crippen LogP contribution in [-0.2, 0) is 9.63 Å². The van der Waals surface area contributed by atoms with Gasteiger partial charge in [-0.2, -0.15) is 0 Å². The van der Waals surface area contributed by atoms with Gasteiger partial charge in [0.05, 0.1) is 36.8 Å². The number of rotatable bonds is 11. The molecule has 11 heteroatoms. The van der Waals surface area contributed by atoms with Gasteiger partial charge in [-0.05, 0) is 68.9 Å². The number of hydrogen-bond acceptors (Lipinski definition) is 10. The smallest absolute Gasteiger partial charge is 0.247 e. The Morgan fingerprint density at radius 3 is 2.51 bits per heavy atom. The second-order valence-electron chi connectivity index (χ2n) is 11.8. The molecule has 6 rings (SSSR count). The number of nitrogens with one attached hydrogen (secondary N) is 2. The van der Waals surface area contributed by atoms with Gasteiger partial charge in [0, 0.05) is 37.7 Å². The summed E-state index contributed by atoms with van der Waals surface area (Å²) in [6, 6.07) is 23.9. The lowest BCUT2D eigenvalue weighted by molar-refractivity contribution is -0.111. The predicted molar refractivity (Wildman–Crippen MR) is 185 cm³/mol. The minimum absolute atomic E-state index is 0.0664. The van der Waals surface area contributed by atoms with Crippen LogP contribution in [0.2, 0.25) is 0 Å². The largest absolute Gasteiger partial charge is 0.494 e. The summed E-state index contributed by atoms with van der Waals surface area (Å²) in [7, 11) is 5.87. The molecular formula is C36H41N7O4. The first-order valence-corrected chi connectivity index (χ1v) is 15.8. The number of anilines is 5. The van der Waals surface area contributed by atoms with Gasteiger partial charge in [0.15, 0.2) is 5.82 Å². The fourth-order valence-electron chi connectivity index (χ4n) is 6.09. The summed E-state index contributed by atoms with van der Waals surface area (Å²) < 4.78 is 11.9. The van der Waals surface area contributed by atoms with Crippen molar-refractivity contribution >= 4 is 34.6 Å². The van der Waals surface area contributed by atoms with E-state index in [-0.39, 0.29) is 11.9 Å². The lowest BCUT2D eigenvalue weighted by Gasteiger charge is -2.37. The molecule has 2 fully saturated rings. The van der Waals surface area contributed by atoms with Crippen LogP contribution >= 0.6 is 0 Å². The standard InChI is InChI=1S/C36H41N7O4/c1-5-36(44)40-29-21-30(33(45-4)22-32(29)42-17-14-26(15-18-42)41(2)3)39-34-23-35(38-24-37-34)43-31(16-19-46-43)25-10-9-13-28(20-25)47-27-11-7-6-8-12-27/h5-13,20-24,26,31H,1,14-19H2,2-4H3,(H,40,44)(H,37,38,39)/t31-/m1/s1. The minimum Gasteiger partial charge on any atom is -0.494 e. The first-order valence-electron chi connectivity index (χ1n) is 15.8. The fraction of sp³-hybridized carbons (Fsp3) is 0.306. The molecule has 1 amide bonds. The number of nitrogens with zero attached hydrogens (tertiary/aromatic N) is 5. The van der Waals surface area contributed by atoms with E-state index in [0.717, 1.165) is 55.1 Å². The van der Waals surface area contributed by atoms with E-state index in [9.17, 15) is 4.79 Å². The van der Waals surface area contributed by atoms with E-state index in [1.54, 1.807) is 7.11 Å². The van der Waals surface area contributed by atoms with E-state index in [4.69, 9.17) is 14.3 Å². The Balaban J connectivity index is 1.24. The quantitative estimate of drug-likeness (QED) is 0.176. The van der Waals surface area contributed by atoms with Gasteiger partial charge in [-0.1, -0.05) is 36.9 Å². The van der Waals surface area contributed by atoms with E-state index in [2.05, 4.69) is 57.1 Å². The third kappa shape index (κ3) is 7.48. The summed E-state index contributed by atoms with van der Waals surface area (Å²) in [5.41, 5.74) is 3.26. The van der Waals surface area contributed by atoms with Gasteiger partial charge < -0.3 is 29.9 Å². The number of hydroxylamine groups is 1. The van der Waals surface area contributed by atoms with Crippen LogP contribution in [0, 0.1) is 0 Å². The van der Waals surface area contributed by atoms with E-state index in [1.807, 2.05) is 71.8 Å². The summed E-state index contributed by atoms with van der Waals surface area (Å²) in [4.78, 5) is 32.1. The minimum atomic E-state index is -0.287. The van der Waals surface area contributed by atoms with Gasteiger partial charge in [-0.3, -0.25) is 9.63 Å². The van der Waals surface area contributed by atoms with Crippen LogP contribution in [0.15, 0.2) is 91.8 Å². The zero-order chi connectivity index (χ0) is 32.8. The summed E-state index contributed by atoms with van der Waals surface area (Å²) in [6.07, 6.45) is 5.61. The highest BCUT2D eigenvalue weighted by Crippen LogP contribution is 2.41. The number of benzene rings is 3. The van der Waals surface area contributed by atoms with Gasteiger partial charge >= 0.3 is 0 Å². The van der Waals surface area contributed by atoms with Crippen LogP contribution in [0.4, 0.5) is 28.7 Å². The summed E-state index contributed by atoms with van der Waals surface area (Å²) in [6.45, 7) is 5.92. The first-order chi connectivity index (χ1) is 22.9. The number of methoxy groups -OCH3 is 1. The van der Waals surface area contributed by atoms with Crippen molar-refractivity contribution in [3.63, 3.8) is 0 Å². The number of carbonyl (C=O) groups is 1. The average molecular weight is 636 g/mol. The number of ether oxygens (including phenoxy) is 2. The second kappa shape index (κ2) is 14.5. The molecule has 2 N–H and O–H groups in total. The van der Waals surface area contributed by atoms with Crippen LogP contribution in [0.3, 0.4) is 0 Å². The molecule has 0 spiro atoms. The van der Waals surface area contributed by atoms with Crippen molar-refractivity contribution in [1.29, 1.82) is 0 Å².